The standard InChI is InChI=1S/C40H27N3S/c1-26-18-20-27(21-19-26)30-14-8-15-31(24-30)39-41-38(29-12-6-3-7-13-29)42-40(43-39)32-22-23-34-36(25-32)44-35-17-9-16-33(37(34)35)28-10-4-2-5-11-28/h2-25H,1H3. The van der Waals surface area contributed by atoms with Gasteiger partial charge in [-0.25, -0.2) is 15.0 Å². The predicted octanol–water partition coefficient (Wildman–Crippen LogP) is 10.9. The molecule has 0 saturated heterocycles. The Labute approximate surface area is 260 Å². The van der Waals surface area contributed by atoms with Gasteiger partial charge in [-0.1, -0.05) is 133 Å². The van der Waals surface area contributed by atoms with Crippen molar-refractivity contribution in [2.45, 2.75) is 6.92 Å². The maximum Gasteiger partial charge on any atom is 0.164 e. The summed E-state index contributed by atoms with van der Waals surface area (Å²) in [5.41, 5.74) is 8.91. The SMILES string of the molecule is Cc1ccc(-c2cccc(-c3nc(-c4ccccc4)nc(-c4ccc5c(c4)sc4cccc(-c6ccccc6)c45)n3)c2)cc1. The molecule has 0 bridgehead atoms. The van der Waals surface area contributed by atoms with Crippen molar-refractivity contribution >= 4 is 31.5 Å². The molecule has 8 rings (SSSR count). The second-order valence-corrected chi connectivity index (χ2v) is 12.1. The van der Waals surface area contributed by atoms with Crippen LogP contribution in [-0.2, 0) is 0 Å². The summed E-state index contributed by atoms with van der Waals surface area (Å²) in [6.45, 7) is 2.11. The zero-order valence-electron chi connectivity index (χ0n) is 24.1. The number of hydrogen-bond acceptors (Lipinski definition) is 4. The van der Waals surface area contributed by atoms with Crippen LogP contribution in [0.3, 0.4) is 0 Å². The fourth-order valence-corrected chi connectivity index (χ4v) is 6.93. The van der Waals surface area contributed by atoms with Gasteiger partial charge in [0.2, 0.25) is 0 Å². The fraction of sp³-hybridized carbons (Fsp3) is 0.0250. The Bertz CT molecular complexity index is 2270. The highest BCUT2D eigenvalue weighted by molar-refractivity contribution is 7.26. The van der Waals surface area contributed by atoms with Crippen LogP contribution in [-0.4, -0.2) is 15.0 Å². The van der Waals surface area contributed by atoms with Crippen molar-refractivity contribution in [2.75, 3.05) is 0 Å². The van der Waals surface area contributed by atoms with E-state index in [1.807, 2.05) is 41.7 Å². The molecule has 0 spiro atoms. The Morgan fingerprint density at radius 3 is 1.70 bits per heavy atom. The Morgan fingerprint density at radius 2 is 0.977 bits per heavy atom. The molecule has 6 aromatic carbocycles. The predicted molar refractivity (Wildman–Crippen MR) is 185 cm³/mol. The maximum atomic E-state index is 5.06. The number of fused-ring (bicyclic) bond motifs is 3. The van der Waals surface area contributed by atoms with Gasteiger partial charge in [-0.05, 0) is 47.4 Å². The molecule has 0 atom stereocenters. The molecule has 0 fully saturated rings. The first-order valence-corrected chi connectivity index (χ1v) is 15.5. The number of benzene rings is 6. The lowest BCUT2D eigenvalue weighted by atomic mass is 9.99. The Morgan fingerprint density at radius 1 is 0.409 bits per heavy atom. The maximum absolute atomic E-state index is 5.06. The van der Waals surface area contributed by atoms with Crippen LogP contribution in [0.15, 0.2) is 146 Å². The topological polar surface area (TPSA) is 38.7 Å². The first-order valence-electron chi connectivity index (χ1n) is 14.7. The summed E-state index contributed by atoms with van der Waals surface area (Å²) in [6, 6.07) is 51.0. The number of hydrogen-bond donors (Lipinski definition) is 0. The Kier molecular flexibility index (Phi) is 6.55. The molecule has 0 amide bonds. The second-order valence-electron chi connectivity index (χ2n) is 11.0. The van der Waals surface area contributed by atoms with E-state index in [2.05, 4.69) is 122 Å². The van der Waals surface area contributed by atoms with Crippen molar-refractivity contribution in [2.24, 2.45) is 0 Å². The minimum Gasteiger partial charge on any atom is -0.208 e. The van der Waals surface area contributed by atoms with E-state index in [0.29, 0.717) is 17.5 Å². The minimum absolute atomic E-state index is 0.658. The molecular formula is C40H27N3S. The molecule has 44 heavy (non-hydrogen) atoms. The molecule has 0 aliphatic rings. The van der Waals surface area contributed by atoms with Crippen molar-refractivity contribution in [3.8, 4) is 56.4 Å². The third kappa shape index (κ3) is 4.85. The van der Waals surface area contributed by atoms with Gasteiger partial charge in [-0.3, -0.25) is 0 Å². The molecule has 0 aliphatic heterocycles. The second kappa shape index (κ2) is 11.0. The largest absolute Gasteiger partial charge is 0.208 e. The van der Waals surface area contributed by atoms with Gasteiger partial charge in [0.15, 0.2) is 17.5 Å². The van der Waals surface area contributed by atoms with Gasteiger partial charge in [-0.15, -0.1) is 11.3 Å². The van der Waals surface area contributed by atoms with Crippen LogP contribution in [0, 0.1) is 6.92 Å². The lowest BCUT2D eigenvalue weighted by molar-refractivity contribution is 1.07. The lowest BCUT2D eigenvalue weighted by Crippen LogP contribution is -2.00. The third-order valence-corrected chi connectivity index (χ3v) is 9.13. The van der Waals surface area contributed by atoms with Crippen molar-refractivity contribution in [1.82, 2.24) is 15.0 Å². The van der Waals surface area contributed by atoms with Crippen molar-refractivity contribution < 1.29 is 0 Å². The van der Waals surface area contributed by atoms with E-state index in [1.165, 1.54) is 42.4 Å². The van der Waals surface area contributed by atoms with Gasteiger partial charge in [0, 0.05) is 36.9 Å². The fourth-order valence-electron chi connectivity index (χ4n) is 5.76. The summed E-state index contributed by atoms with van der Waals surface area (Å²) in [6.07, 6.45) is 0. The van der Waals surface area contributed by atoms with Crippen LogP contribution < -0.4 is 0 Å². The average molecular weight is 582 g/mol. The molecule has 8 aromatic rings. The molecule has 4 heteroatoms. The number of aromatic nitrogens is 3. The lowest BCUT2D eigenvalue weighted by Gasteiger charge is -2.10. The van der Waals surface area contributed by atoms with E-state index >= 15 is 0 Å². The highest BCUT2D eigenvalue weighted by atomic mass is 32.1. The number of nitrogens with zero attached hydrogens (tertiary/aromatic N) is 3. The van der Waals surface area contributed by atoms with E-state index in [-0.39, 0.29) is 0 Å². The summed E-state index contributed by atoms with van der Waals surface area (Å²) in [7, 11) is 0. The minimum atomic E-state index is 0.658. The first kappa shape index (κ1) is 26.2. The summed E-state index contributed by atoms with van der Waals surface area (Å²) in [5, 5.41) is 2.54. The molecule has 3 nitrogen and oxygen atoms in total. The highest BCUT2D eigenvalue weighted by Crippen LogP contribution is 2.41. The third-order valence-electron chi connectivity index (χ3n) is 8.01. The summed E-state index contributed by atoms with van der Waals surface area (Å²) in [5.74, 6) is 1.98. The van der Waals surface area contributed by atoms with Crippen LogP contribution in [0.25, 0.3) is 76.6 Å². The summed E-state index contributed by atoms with van der Waals surface area (Å²) >= 11 is 1.81. The Balaban J connectivity index is 1.28. The zero-order valence-corrected chi connectivity index (χ0v) is 24.9. The van der Waals surface area contributed by atoms with Crippen LogP contribution >= 0.6 is 11.3 Å². The van der Waals surface area contributed by atoms with E-state index in [4.69, 9.17) is 15.0 Å². The molecule has 0 radical (unpaired) electrons. The van der Waals surface area contributed by atoms with Gasteiger partial charge in [0.25, 0.3) is 0 Å². The summed E-state index contributed by atoms with van der Waals surface area (Å²) in [4.78, 5) is 15.0. The van der Waals surface area contributed by atoms with Gasteiger partial charge in [0.1, 0.15) is 0 Å². The van der Waals surface area contributed by atoms with Crippen LogP contribution in [0.4, 0.5) is 0 Å². The molecule has 0 aliphatic carbocycles. The molecule has 208 valence electrons. The van der Waals surface area contributed by atoms with Crippen molar-refractivity contribution in [1.29, 1.82) is 0 Å². The quantitative estimate of drug-likeness (QED) is 0.203. The number of aryl methyl sites for hydroxylation is 1. The molecule has 0 saturated carbocycles. The molecule has 0 N–H and O–H groups in total. The van der Waals surface area contributed by atoms with Gasteiger partial charge < -0.3 is 0 Å². The average Bonchev–Trinajstić information content (AvgIpc) is 3.47. The van der Waals surface area contributed by atoms with Crippen LogP contribution in [0.5, 0.6) is 0 Å². The van der Waals surface area contributed by atoms with Crippen molar-refractivity contribution in [3.05, 3.63) is 151 Å². The van der Waals surface area contributed by atoms with E-state index in [1.54, 1.807) is 0 Å². The van der Waals surface area contributed by atoms with Gasteiger partial charge in [0.05, 0.1) is 0 Å². The van der Waals surface area contributed by atoms with E-state index in [9.17, 15) is 0 Å². The normalized spacial score (nSPS) is 11.3. The molecule has 2 heterocycles. The highest BCUT2D eigenvalue weighted by Gasteiger charge is 2.16. The van der Waals surface area contributed by atoms with Crippen LogP contribution in [0.2, 0.25) is 0 Å². The summed E-state index contributed by atoms with van der Waals surface area (Å²) < 4.78 is 2.48. The van der Waals surface area contributed by atoms with E-state index < -0.39 is 0 Å². The van der Waals surface area contributed by atoms with Crippen molar-refractivity contribution in [3.63, 3.8) is 0 Å². The van der Waals surface area contributed by atoms with Gasteiger partial charge in [-0.2, -0.15) is 0 Å². The Hall–Kier alpha value is -5.45. The van der Waals surface area contributed by atoms with E-state index in [0.717, 1.165) is 22.3 Å². The van der Waals surface area contributed by atoms with Crippen LogP contribution in [0.1, 0.15) is 5.56 Å². The monoisotopic (exact) mass is 581 g/mol. The molecule has 2 aromatic heterocycles. The molecule has 0 unspecified atom stereocenters. The smallest absolute Gasteiger partial charge is 0.164 e. The number of thiophene rings is 1. The van der Waals surface area contributed by atoms with Gasteiger partial charge >= 0.3 is 0 Å². The first-order chi connectivity index (χ1) is 21.7. The molecular weight excluding hydrogens is 555 g/mol. The zero-order chi connectivity index (χ0) is 29.5. The number of rotatable bonds is 5.